The Hall–Kier alpha value is -1.62. The molecule has 0 spiro atoms. The van der Waals surface area contributed by atoms with Crippen LogP contribution in [0.4, 0.5) is 9.18 Å². The molecule has 1 unspecified atom stereocenters. The number of hydrogen-bond acceptors (Lipinski definition) is 3. The number of halogens is 1. The van der Waals surface area contributed by atoms with E-state index >= 15 is 0 Å². The smallest absolute Gasteiger partial charge is 0.410 e. The third-order valence-electron chi connectivity index (χ3n) is 2.42. The lowest BCUT2D eigenvalue weighted by Crippen LogP contribution is -2.36. The predicted octanol–water partition coefficient (Wildman–Crippen LogP) is 2.73. The fraction of sp³-hybridized carbons (Fsp3) is 0.500. The highest BCUT2D eigenvalue weighted by molar-refractivity contribution is 5.67. The minimum absolute atomic E-state index is 0.0319. The van der Waals surface area contributed by atoms with E-state index < -0.39 is 23.6 Å². The average Bonchev–Trinajstić information content (AvgIpc) is 2.27. The van der Waals surface area contributed by atoms with E-state index in [4.69, 9.17) is 4.74 Å². The molecule has 1 rings (SSSR count). The Morgan fingerprint density at radius 3 is 2.53 bits per heavy atom. The van der Waals surface area contributed by atoms with Gasteiger partial charge in [0.05, 0.1) is 12.6 Å². The van der Waals surface area contributed by atoms with Gasteiger partial charge < -0.3 is 14.7 Å². The lowest BCUT2D eigenvalue weighted by molar-refractivity contribution is 0.0202. The molecule has 1 aromatic rings. The molecule has 19 heavy (non-hydrogen) atoms. The zero-order valence-electron chi connectivity index (χ0n) is 11.7. The number of aliphatic hydroxyl groups excluding tert-OH is 1. The van der Waals surface area contributed by atoms with Crippen LogP contribution in [0.5, 0.6) is 0 Å². The summed E-state index contributed by atoms with van der Waals surface area (Å²) in [6, 6.07) is 5.94. The van der Waals surface area contributed by atoms with E-state index in [0.29, 0.717) is 0 Å². The topological polar surface area (TPSA) is 49.8 Å². The summed E-state index contributed by atoms with van der Waals surface area (Å²) in [6.45, 7) is 5.24. The van der Waals surface area contributed by atoms with Crippen molar-refractivity contribution in [3.05, 3.63) is 35.6 Å². The first-order valence-electron chi connectivity index (χ1n) is 6.07. The summed E-state index contributed by atoms with van der Waals surface area (Å²) in [6.07, 6.45) is -1.64. The molecule has 1 aromatic carbocycles. The van der Waals surface area contributed by atoms with Gasteiger partial charge >= 0.3 is 6.09 Å². The van der Waals surface area contributed by atoms with Crippen LogP contribution in [0.15, 0.2) is 24.3 Å². The summed E-state index contributed by atoms with van der Waals surface area (Å²) in [4.78, 5) is 12.9. The molecule has 0 aliphatic heterocycles. The van der Waals surface area contributed by atoms with Crippen LogP contribution in [0, 0.1) is 5.82 Å². The molecule has 5 heteroatoms. The van der Waals surface area contributed by atoms with Gasteiger partial charge in [-0.15, -0.1) is 0 Å². The van der Waals surface area contributed by atoms with Crippen molar-refractivity contribution in [1.82, 2.24) is 4.90 Å². The zero-order valence-corrected chi connectivity index (χ0v) is 11.7. The second-order valence-electron chi connectivity index (χ2n) is 5.40. The van der Waals surface area contributed by atoms with Gasteiger partial charge in [-0.3, -0.25) is 0 Å². The van der Waals surface area contributed by atoms with Crippen LogP contribution in [0.25, 0.3) is 0 Å². The SMILES string of the molecule is CN(CC(O)c1ccccc1F)C(=O)OC(C)(C)C. The fourth-order valence-electron chi connectivity index (χ4n) is 1.52. The molecule has 0 fully saturated rings. The number of carbonyl (C=O) groups excluding carboxylic acids is 1. The standard InChI is InChI=1S/C14H20FNO3/c1-14(2,3)19-13(18)16(4)9-12(17)10-7-5-6-8-11(10)15/h5-8,12,17H,9H2,1-4H3. The van der Waals surface area contributed by atoms with Gasteiger partial charge in [-0.05, 0) is 26.8 Å². The Balaban J connectivity index is 2.64. The van der Waals surface area contributed by atoms with Gasteiger partial charge in [-0.25, -0.2) is 9.18 Å². The third kappa shape index (κ3) is 4.87. The van der Waals surface area contributed by atoms with E-state index in [1.165, 1.54) is 24.1 Å². The summed E-state index contributed by atoms with van der Waals surface area (Å²) >= 11 is 0. The number of aliphatic hydroxyl groups is 1. The molecule has 0 aliphatic carbocycles. The van der Waals surface area contributed by atoms with Crippen molar-refractivity contribution in [2.24, 2.45) is 0 Å². The minimum atomic E-state index is -1.08. The van der Waals surface area contributed by atoms with Crippen molar-refractivity contribution in [2.75, 3.05) is 13.6 Å². The molecule has 1 N–H and O–H groups in total. The van der Waals surface area contributed by atoms with E-state index in [1.807, 2.05) is 0 Å². The quantitative estimate of drug-likeness (QED) is 0.918. The zero-order chi connectivity index (χ0) is 14.6. The molecule has 0 heterocycles. The Labute approximate surface area is 112 Å². The lowest BCUT2D eigenvalue weighted by atomic mass is 10.1. The monoisotopic (exact) mass is 269 g/mol. The van der Waals surface area contributed by atoms with Gasteiger partial charge in [-0.2, -0.15) is 0 Å². The van der Waals surface area contributed by atoms with E-state index in [2.05, 4.69) is 0 Å². The van der Waals surface area contributed by atoms with Crippen molar-refractivity contribution in [1.29, 1.82) is 0 Å². The molecule has 106 valence electrons. The molecule has 1 atom stereocenters. The fourth-order valence-corrected chi connectivity index (χ4v) is 1.52. The average molecular weight is 269 g/mol. The van der Waals surface area contributed by atoms with Crippen LogP contribution in [0.3, 0.4) is 0 Å². The molecule has 4 nitrogen and oxygen atoms in total. The molecular weight excluding hydrogens is 249 g/mol. The number of likely N-dealkylation sites (N-methyl/N-ethyl adjacent to an activating group) is 1. The Morgan fingerprint density at radius 2 is 2.00 bits per heavy atom. The van der Waals surface area contributed by atoms with Crippen LogP contribution in [-0.4, -0.2) is 35.3 Å². The molecule has 0 saturated carbocycles. The second kappa shape index (κ2) is 6.02. The van der Waals surface area contributed by atoms with Crippen molar-refractivity contribution < 1.29 is 19.0 Å². The summed E-state index contributed by atoms with van der Waals surface area (Å²) in [5.41, 5.74) is -0.438. The van der Waals surface area contributed by atoms with Gasteiger partial charge in [0.1, 0.15) is 11.4 Å². The molecule has 1 amide bonds. The van der Waals surface area contributed by atoms with Gasteiger partial charge in [0, 0.05) is 12.6 Å². The van der Waals surface area contributed by atoms with E-state index in [-0.39, 0.29) is 12.1 Å². The first-order valence-corrected chi connectivity index (χ1v) is 6.07. The van der Waals surface area contributed by atoms with Gasteiger partial charge in [0.2, 0.25) is 0 Å². The maximum Gasteiger partial charge on any atom is 0.410 e. The normalized spacial score (nSPS) is 12.9. The van der Waals surface area contributed by atoms with Crippen LogP contribution < -0.4 is 0 Å². The highest BCUT2D eigenvalue weighted by Crippen LogP contribution is 2.18. The van der Waals surface area contributed by atoms with E-state index in [9.17, 15) is 14.3 Å². The van der Waals surface area contributed by atoms with Crippen LogP contribution in [0.1, 0.15) is 32.4 Å². The summed E-state index contributed by atoms with van der Waals surface area (Å²) in [7, 11) is 1.50. The van der Waals surface area contributed by atoms with Crippen LogP contribution in [-0.2, 0) is 4.74 Å². The maximum atomic E-state index is 13.5. The summed E-state index contributed by atoms with van der Waals surface area (Å²) in [5, 5.41) is 9.93. The third-order valence-corrected chi connectivity index (χ3v) is 2.42. The summed E-state index contributed by atoms with van der Waals surface area (Å²) in [5.74, 6) is -0.493. The number of amides is 1. The maximum absolute atomic E-state index is 13.5. The van der Waals surface area contributed by atoms with Crippen molar-refractivity contribution in [3.8, 4) is 0 Å². The van der Waals surface area contributed by atoms with Gasteiger partial charge in [0.25, 0.3) is 0 Å². The highest BCUT2D eigenvalue weighted by atomic mass is 19.1. The molecule has 0 bridgehead atoms. The Morgan fingerprint density at radius 1 is 1.42 bits per heavy atom. The highest BCUT2D eigenvalue weighted by Gasteiger charge is 2.22. The van der Waals surface area contributed by atoms with Crippen LogP contribution >= 0.6 is 0 Å². The molecule has 0 saturated heterocycles. The van der Waals surface area contributed by atoms with E-state index in [1.54, 1.807) is 32.9 Å². The van der Waals surface area contributed by atoms with E-state index in [0.717, 1.165) is 0 Å². The summed E-state index contributed by atoms with van der Waals surface area (Å²) < 4.78 is 18.6. The largest absolute Gasteiger partial charge is 0.444 e. The van der Waals surface area contributed by atoms with Gasteiger partial charge in [0.15, 0.2) is 0 Å². The van der Waals surface area contributed by atoms with Crippen molar-refractivity contribution in [2.45, 2.75) is 32.5 Å². The first kappa shape index (κ1) is 15.4. The predicted molar refractivity (Wildman–Crippen MR) is 70.2 cm³/mol. The molecular formula is C14H20FNO3. The lowest BCUT2D eigenvalue weighted by Gasteiger charge is -2.26. The molecule has 0 aromatic heterocycles. The Kier molecular flexibility index (Phi) is 4.89. The number of nitrogens with zero attached hydrogens (tertiary/aromatic N) is 1. The minimum Gasteiger partial charge on any atom is -0.444 e. The molecule has 0 radical (unpaired) electrons. The Bertz CT molecular complexity index is 443. The number of benzene rings is 1. The molecule has 0 aliphatic rings. The van der Waals surface area contributed by atoms with Crippen molar-refractivity contribution >= 4 is 6.09 Å². The number of hydrogen-bond donors (Lipinski definition) is 1. The number of ether oxygens (including phenoxy) is 1. The number of rotatable bonds is 3. The number of carbonyl (C=O) groups is 1. The second-order valence-corrected chi connectivity index (χ2v) is 5.40. The van der Waals surface area contributed by atoms with Gasteiger partial charge in [-0.1, -0.05) is 18.2 Å². The van der Waals surface area contributed by atoms with Crippen LogP contribution in [0.2, 0.25) is 0 Å². The first-order chi connectivity index (χ1) is 8.70. The van der Waals surface area contributed by atoms with Crippen molar-refractivity contribution in [3.63, 3.8) is 0 Å².